The highest BCUT2D eigenvalue weighted by atomic mass is 16.6. The van der Waals surface area contributed by atoms with E-state index in [1.54, 1.807) is 13.0 Å². The molecule has 1 aromatic heterocycles. The Morgan fingerprint density at radius 1 is 1.27 bits per heavy atom. The summed E-state index contributed by atoms with van der Waals surface area (Å²) in [7, 11) is 0. The van der Waals surface area contributed by atoms with Crippen LogP contribution in [0.5, 0.6) is 0 Å². The third-order valence-corrected chi connectivity index (χ3v) is 3.02. The van der Waals surface area contributed by atoms with Gasteiger partial charge in [0.05, 0.1) is 4.92 Å². The zero-order valence-corrected chi connectivity index (χ0v) is 12.2. The van der Waals surface area contributed by atoms with Crippen molar-refractivity contribution in [2.45, 2.75) is 13.8 Å². The van der Waals surface area contributed by atoms with Crippen molar-refractivity contribution in [3.8, 4) is 0 Å². The van der Waals surface area contributed by atoms with Gasteiger partial charge in [0.25, 0.3) is 5.69 Å². The Hall–Kier alpha value is -3.02. The van der Waals surface area contributed by atoms with Gasteiger partial charge in [0.1, 0.15) is 12.0 Å². The third kappa shape index (κ3) is 3.99. The normalized spacial score (nSPS) is 10.6. The molecular weight excluding hydrogens is 282 g/mol. The number of hydrogen-bond donors (Lipinski definition) is 1. The van der Waals surface area contributed by atoms with E-state index in [1.165, 1.54) is 12.1 Å². The van der Waals surface area contributed by atoms with Crippen LogP contribution in [0.2, 0.25) is 0 Å². The molecule has 2 aromatic rings. The first-order valence-electron chi connectivity index (χ1n) is 6.62. The van der Waals surface area contributed by atoms with Crippen molar-refractivity contribution < 1.29 is 9.72 Å². The van der Waals surface area contributed by atoms with Crippen LogP contribution in [0.1, 0.15) is 16.7 Å². The fourth-order valence-electron chi connectivity index (χ4n) is 1.80. The van der Waals surface area contributed by atoms with Gasteiger partial charge in [-0.15, -0.1) is 0 Å². The minimum absolute atomic E-state index is 0.106. The zero-order valence-electron chi connectivity index (χ0n) is 12.2. The summed E-state index contributed by atoms with van der Waals surface area (Å²) in [5, 5.41) is 13.2. The maximum absolute atomic E-state index is 11.9. The summed E-state index contributed by atoms with van der Waals surface area (Å²) in [5.41, 5.74) is 2.48. The number of rotatable bonds is 4. The molecule has 1 amide bonds. The van der Waals surface area contributed by atoms with Crippen LogP contribution in [0.3, 0.4) is 0 Å². The molecule has 1 aromatic carbocycles. The third-order valence-electron chi connectivity index (χ3n) is 3.02. The highest BCUT2D eigenvalue weighted by molar-refractivity contribution is 6.01. The molecule has 0 aliphatic rings. The molecule has 0 saturated carbocycles. The van der Waals surface area contributed by atoms with Crippen molar-refractivity contribution in [1.82, 2.24) is 4.98 Å². The van der Waals surface area contributed by atoms with Crippen LogP contribution >= 0.6 is 0 Å². The summed E-state index contributed by atoms with van der Waals surface area (Å²) in [5.74, 6) is -0.0332. The number of carbonyl (C=O) groups is 1. The van der Waals surface area contributed by atoms with Gasteiger partial charge < -0.3 is 5.32 Å². The molecule has 0 radical (unpaired) electrons. The number of anilines is 1. The molecule has 0 aliphatic heterocycles. The van der Waals surface area contributed by atoms with Crippen LogP contribution in [0.15, 0.2) is 42.6 Å². The Bertz CT molecular complexity index is 737. The number of carbonyl (C=O) groups excluding carboxylic acids is 1. The van der Waals surface area contributed by atoms with Crippen LogP contribution in [0.4, 0.5) is 11.5 Å². The van der Waals surface area contributed by atoms with Crippen molar-refractivity contribution in [2.24, 2.45) is 0 Å². The summed E-state index contributed by atoms with van der Waals surface area (Å²) in [6, 6.07) is 9.11. The molecule has 2 rings (SSSR count). The lowest BCUT2D eigenvalue weighted by Gasteiger charge is -2.04. The van der Waals surface area contributed by atoms with Crippen LogP contribution in [0, 0.1) is 24.0 Å². The van der Waals surface area contributed by atoms with E-state index in [-0.39, 0.29) is 11.6 Å². The van der Waals surface area contributed by atoms with Gasteiger partial charge in [0.2, 0.25) is 5.91 Å². The molecule has 0 aliphatic carbocycles. The predicted molar refractivity (Wildman–Crippen MR) is 84.5 cm³/mol. The number of aromatic nitrogens is 1. The molecule has 6 nitrogen and oxygen atoms in total. The molecule has 0 spiro atoms. The van der Waals surface area contributed by atoms with Gasteiger partial charge in [-0.25, -0.2) is 4.98 Å². The quantitative estimate of drug-likeness (QED) is 0.533. The van der Waals surface area contributed by atoms with Crippen molar-refractivity contribution in [1.29, 1.82) is 0 Å². The Balaban J connectivity index is 2.05. The van der Waals surface area contributed by atoms with Crippen molar-refractivity contribution in [3.05, 3.63) is 69.4 Å². The topological polar surface area (TPSA) is 85.1 Å². The van der Waals surface area contributed by atoms with Gasteiger partial charge in [-0.2, -0.15) is 0 Å². The summed E-state index contributed by atoms with van der Waals surface area (Å²) in [4.78, 5) is 25.9. The van der Waals surface area contributed by atoms with Gasteiger partial charge >= 0.3 is 0 Å². The number of amides is 1. The van der Waals surface area contributed by atoms with E-state index in [0.717, 1.165) is 17.3 Å². The Kier molecular flexibility index (Phi) is 4.63. The number of nitro groups is 1. The first-order chi connectivity index (χ1) is 10.5. The highest BCUT2D eigenvalue weighted by Gasteiger charge is 2.10. The summed E-state index contributed by atoms with van der Waals surface area (Å²) >= 11 is 0. The number of nitrogens with zero attached hydrogens (tertiary/aromatic N) is 2. The fourth-order valence-corrected chi connectivity index (χ4v) is 1.80. The first-order valence-corrected chi connectivity index (χ1v) is 6.62. The fraction of sp³-hybridized carbons (Fsp3) is 0.125. The monoisotopic (exact) mass is 297 g/mol. The molecule has 0 unspecified atom stereocenters. The van der Waals surface area contributed by atoms with E-state index >= 15 is 0 Å². The predicted octanol–water partition coefficient (Wildman–Crippen LogP) is 3.26. The molecule has 22 heavy (non-hydrogen) atoms. The Morgan fingerprint density at radius 3 is 2.55 bits per heavy atom. The average molecular weight is 297 g/mol. The summed E-state index contributed by atoms with van der Waals surface area (Å²) < 4.78 is 0. The van der Waals surface area contributed by atoms with Crippen LogP contribution < -0.4 is 5.32 Å². The molecule has 112 valence electrons. The Labute approximate surface area is 127 Å². The second-order valence-corrected chi connectivity index (χ2v) is 4.85. The molecule has 0 atom stereocenters. The van der Waals surface area contributed by atoms with Crippen molar-refractivity contribution >= 4 is 23.5 Å². The van der Waals surface area contributed by atoms with E-state index < -0.39 is 4.92 Å². The van der Waals surface area contributed by atoms with Gasteiger partial charge in [0, 0.05) is 12.1 Å². The molecule has 6 heteroatoms. The highest BCUT2D eigenvalue weighted by Crippen LogP contribution is 2.17. The van der Waals surface area contributed by atoms with Gasteiger partial charge in [-0.1, -0.05) is 29.8 Å². The largest absolute Gasteiger partial charge is 0.307 e. The maximum atomic E-state index is 11.9. The van der Waals surface area contributed by atoms with E-state index in [9.17, 15) is 14.9 Å². The summed E-state index contributed by atoms with van der Waals surface area (Å²) in [6.07, 6.45) is 4.20. The zero-order chi connectivity index (χ0) is 16.1. The van der Waals surface area contributed by atoms with Crippen molar-refractivity contribution in [3.63, 3.8) is 0 Å². The second kappa shape index (κ2) is 6.62. The standard InChI is InChI=1S/C16H15N3O3/c1-11-3-5-13(6-4-11)7-8-15(20)18-16-12(2)9-14(10-17-16)19(21)22/h3-10H,1-2H3,(H,17,18,20)/b8-7+. The smallest absolute Gasteiger partial charge is 0.287 e. The van der Waals surface area contributed by atoms with Crippen LogP contribution in [-0.2, 0) is 4.79 Å². The van der Waals surface area contributed by atoms with E-state index in [0.29, 0.717) is 11.4 Å². The summed E-state index contributed by atoms with van der Waals surface area (Å²) in [6.45, 7) is 3.64. The van der Waals surface area contributed by atoms with Crippen molar-refractivity contribution in [2.75, 3.05) is 5.32 Å². The first kappa shape index (κ1) is 15.4. The van der Waals surface area contributed by atoms with E-state index in [1.807, 2.05) is 31.2 Å². The molecule has 0 fully saturated rings. The second-order valence-electron chi connectivity index (χ2n) is 4.85. The van der Waals surface area contributed by atoms with E-state index in [4.69, 9.17) is 0 Å². The van der Waals surface area contributed by atoms with Crippen LogP contribution in [0.25, 0.3) is 6.08 Å². The van der Waals surface area contributed by atoms with Gasteiger partial charge in [-0.05, 0) is 31.1 Å². The van der Waals surface area contributed by atoms with Gasteiger partial charge in [-0.3, -0.25) is 14.9 Å². The minimum Gasteiger partial charge on any atom is -0.307 e. The lowest BCUT2D eigenvalue weighted by Crippen LogP contribution is -2.10. The molecular formula is C16H15N3O3. The average Bonchev–Trinajstić information content (AvgIpc) is 2.48. The Morgan fingerprint density at radius 2 is 1.95 bits per heavy atom. The van der Waals surface area contributed by atoms with Gasteiger partial charge in [0.15, 0.2) is 0 Å². The molecule has 0 bridgehead atoms. The molecule has 1 N–H and O–H groups in total. The lowest BCUT2D eigenvalue weighted by molar-refractivity contribution is -0.385. The SMILES string of the molecule is Cc1ccc(/C=C/C(=O)Nc2ncc([N+](=O)[O-])cc2C)cc1. The maximum Gasteiger partial charge on any atom is 0.287 e. The number of benzene rings is 1. The minimum atomic E-state index is -0.525. The number of aryl methyl sites for hydroxylation is 2. The van der Waals surface area contributed by atoms with E-state index in [2.05, 4.69) is 10.3 Å². The molecule has 1 heterocycles. The van der Waals surface area contributed by atoms with Crippen LogP contribution in [-0.4, -0.2) is 15.8 Å². The number of hydrogen-bond acceptors (Lipinski definition) is 4. The number of pyridine rings is 1. The number of nitrogens with one attached hydrogen (secondary N) is 1. The molecule has 0 saturated heterocycles. The lowest BCUT2D eigenvalue weighted by atomic mass is 10.1.